The zero-order chi connectivity index (χ0) is 38.8. The number of benzene rings is 3. The number of cyclic esters (lactones) is 1. The summed E-state index contributed by atoms with van der Waals surface area (Å²) in [5.41, 5.74) is -2.60. The Kier molecular flexibility index (Phi) is 9.93. The van der Waals surface area contributed by atoms with Gasteiger partial charge < -0.3 is 87.9 Å². The highest BCUT2D eigenvalue weighted by Crippen LogP contribution is 2.50. The highest BCUT2D eigenvalue weighted by Gasteiger charge is 2.56. The van der Waals surface area contributed by atoms with Crippen molar-refractivity contribution >= 4 is 16.7 Å². The predicted octanol–water partition coefficient (Wildman–Crippen LogP) is -1.33. The lowest BCUT2D eigenvalue weighted by molar-refractivity contribution is -0.328. The van der Waals surface area contributed by atoms with Gasteiger partial charge in [-0.1, -0.05) is 6.07 Å². The number of hydrogen-bond donors (Lipinski definition) is 7. The number of hydrogen-bond acceptors (Lipinski definition) is 19. The van der Waals surface area contributed by atoms with Crippen molar-refractivity contribution in [2.45, 2.75) is 67.2 Å². The summed E-state index contributed by atoms with van der Waals surface area (Å²) in [6.45, 7) is -3.37. The van der Waals surface area contributed by atoms with E-state index in [1.165, 1.54) is 14.2 Å². The van der Waals surface area contributed by atoms with E-state index in [1.54, 1.807) is 30.3 Å². The summed E-state index contributed by atoms with van der Waals surface area (Å²) in [5, 5.41) is 75.1. The van der Waals surface area contributed by atoms with Crippen LogP contribution < -0.4 is 23.7 Å². The van der Waals surface area contributed by atoms with Gasteiger partial charge in [0.15, 0.2) is 41.7 Å². The minimum Gasteiger partial charge on any atom is -0.493 e. The molecule has 0 aromatic heterocycles. The molecule has 3 saturated heterocycles. The van der Waals surface area contributed by atoms with Crippen molar-refractivity contribution in [2.24, 2.45) is 0 Å². The summed E-state index contributed by atoms with van der Waals surface area (Å²) < 4.78 is 62.8. The molecule has 3 aromatic rings. The summed E-state index contributed by atoms with van der Waals surface area (Å²) in [6, 6.07) is 8.54. The average Bonchev–Trinajstić information content (AvgIpc) is 3.97. The Morgan fingerprint density at radius 3 is 2.18 bits per heavy atom. The fourth-order valence-electron chi connectivity index (χ4n) is 7.35. The van der Waals surface area contributed by atoms with Crippen molar-refractivity contribution in [3.63, 3.8) is 0 Å². The molecule has 5 heterocycles. The monoisotopic (exact) mass is 776 g/mol. The third kappa shape index (κ3) is 6.29. The summed E-state index contributed by atoms with van der Waals surface area (Å²) in [6.07, 6.45) is -12.8. The van der Waals surface area contributed by atoms with Gasteiger partial charge in [-0.05, 0) is 35.2 Å². The second kappa shape index (κ2) is 14.4. The molecule has 3 aromatic carbocycles. The Bertz CT molecular complexity index is 1960. The number of rotatable bonds is 11. The molecule has 5 aliphatic heterocycles. The summed E-state index contributed by atoms with van der Waals surface area (Å²) in [5.74, 6) is 1.10. The van der Waals surface area contributed by atoms with Crippen LogP contribution >= 0.6 is 0 Å². The Morgan fingerprint density at radius 2 is 1.47 bits per heavy atom. The van der Waals surface area contributed by atoms with E-state index in [4.69, 9.17) is 52.1 Å². The molecular formula is C36H40O19. The van der Waals surface area contributed by atoms with Crippen LogP contribution in [0.1, 0.15) is 15.9 Å². The first-order chi connectivity index (χ1) is 26.4. The largest absolute Gasteiger partial charge is 0.493 e. The van der Waals surface area contributed by atoms with Crippen molar-refractivity contribution in [1.82, 2.24) is 0 Å². The summed E-state index contributed by atoms with van der Waals surface area (Å²) in [4.78, 5) is 13.5. The quantitative estimate of drug-likeness (QED) is 0.111. The number of esters is 1. The fraction of sp³-hybridized carbons (Fsp3) is 0.528. The first-order valence-electron chi connectivity index (χ1n) is 17.3. The van der Waals surface area contributed by atoms with Gasteiger partial charge in [0.1, 0.15) is 48.0 Å². The van der Waals surface area contributed by atoms with E-state index in [-0.39, 0.29) is 24.7 Å². The molecule has 10 atom stereocenters. The van der Waals surface area contributed by atoms with Crippen LogP contribution in [0.15, 0.2) is 30.3 Å². The lowest BCUT2D eigenvalue weighted by Gasteiger charge is -2.41. The van der Waals surface area contributed by atoms with Crippen LogP contribution in [0.2, 0.25) is 0 Å². The van der Waals surface area contributed by atoms with Gasteiger partial charge in [-0.2, -0.15) is 0 Å². The Hall–Kier alpha value is -4.09. The highest BCUT2D eigenvalue weighted by molar-refractivity contribution is 6.14. The second-order valence-electron chi connectivity index (χ2n) is 13.8. The maximum atomic E-state index is 13.5. The van der Waals surface area contributed by atoms with Crippen molar-refractivity contribution in [1.29, 1.82) is 0 Å². The fourth-order valence-corrected chi connectivity index (χ4v) is 7.35. The number of carbonyl (C=O) groups excluding carboxylic acids is 1. The number of aliphatic hydroxyl groups is 7. The third-order valence-corrected chi connectivity index (χ3v) is 10.4. The van der Waals surface area contributed by atoms with Gasteiger partial charge >= 0.3 is 5.97 Å². The zero-order valence-corrected chi connectivity index (χ0v) is 29.5. The van der Waals surface area contributed by atoms with Crippen LogP contribution in [0, 0.1) is 0 Å². The lowest BCUT2D eigenvalue weighted by atomic mass is 9.89. The maximum absolute atomic E-state index is 13.5. The molecular weight excluding hydrogens is 736 g/mol. The smallest absolute Gasteiger partial charge is 0.339 e. The van der Waals surface area contributed by atoms with E-state index < -0.39 is 99.6 Å². The van der Waals surface area contributed by atoms with Crippen LogP contribution in [0.4, 0.5) is 0 Å². The van der Waals surface area contributed by atoms with Crippen molar-refractivity contribution in [3.05, 3.63) is 41.5 Å². The van der Waals surface area contributed by atoms with Gasteiger partial charge in [0, 0.05) is 16.5 Å². The van der Waals surface area contributed by atoms with Gasteiger partial charge in [-0.15, -0.1) is 0 Å². The Morgan fingerprint density at radius 1 is 0.782 bits per heavy atom. The van der Waals surface area contributed by atoms with E-state index in [9.17, 15) is 40.5 Å². The highest BCUT2D eigenvalue weighted by atomic mass is 16.8. The van der Waals surface area contributed by atoms with E-state index in [2.05, 4.69) is 0 Å². The molecule has 3 fully saturated rings. The molecule has 0 amide bonds. The molecule has 0 saturated carbocycles. The lowest BCUT2D eigenvalue weighted by Crippen LogP contribution is -2.60. The normalized spacial score (nSPS) is 33.9. The average molecular weight is 777 g/mol. The Labute approximate surface area is 311 Å². The molecule has 10 unspecified atom stereocenters. The van der Waals surface area contributed by atoms with Crippen LogP contribution in [-0.2, 0) is 35.0 Å². The van der Waals surface area contributed by atoms with E-state index in [0.717, 1.165) is 0 Å². The maximum Gasteiger partial charge on any atom is 0.339 e. The minimum atomic E-state index is -2.12. The molecule has 0 spiro atoms. The van der Waals surface area contributed by atoms with Gasteiger partial charge in [-0.25, -0.2) is 4.79 Å². The first kappa shape index (κ1) is 37.8. The molecule has 0 bridgehead atoms. The molecule has 298 valence electrons. The van der Waals surface area contributed by atoms with Crippen LogP contribution in [-0.4, -0.2) is 156 Å². The van der Waals surface area contributed by atoms with Gasteiger partial charge in [0.25, 0.3) is 0 Å². The van der Waals surface area contributed by atoms with Crippen molar-refractivity contribution in [3.8, 4) is 39.9 Å². The van der Waals surface area contributed by atoms with Crippen LogP contribution in [0.5, 0.6) is 28.7 Å². The molecule has 19 nitrogen and oxygen atoms in total. The van der Waals surface area contributed by atoms with Crippen LogP contribution in [0.25, 0.3) is 21.9 Å². The molecule has 55 heavy (non-hydrogen) atoms. The predicted molar refractivity (Wildman–Crippen MR) is 179 cm³/mol. The zero-order valence-electron chi connectivity index (χ0n) is 29.5. The number of carbonyl (C=O) groups is 1. The third-order valence-electron chi connectivity index (χ3n) is 10.4. The van der Waals surface area contributed by atoms with Gasteiger partial charge in [0.05, 0.1) is 52.8 Å². The molecule has 0 radical (unpaired) electrons. The second-order valence-corrected chi connectivity index (χ2v) is 13.8. The summed E-state index contributed by atoms with van der Waals surface area (Å²) in [7, 11) is 2.91. The number of fused-ring (bicyclic) bond motifs is 3. The number of methoxy groups -OCH3 is 2. The molecule has 0 aliphatic carbocycles. The SMILES string of the molecule is COc1cc2c(OC3OCC(O)(CO)C3OC3OCC(O)C(OC4OCC(O)(CO)C4O)C3O)c3c(c(-c4ccc5c(c4)OCO5)c2cc1OC)C(=O)OC3. The van der Waals surface area contributed by atoms with E-state index in [0.29, 0.717) is 50.5 Å². The van der Waals surface area contributed by atoms with Gasteiger partial charge in [0.2, 0.25) is 13.1 Å². The molecule has 7 N–H and O–H groups in total. The Balaban J connectivity index is 1.16. The standard InChI is InChI=1S/C36H40O19/c1-45-21-6-16-17(7-22(21)46-2)27(18-8-47-31(42)25(18)24(16)15-3-4-20-23(5-15)52-14-51-20)53-34-30(36(44,11-38)13-50-34)55-32-26(40)28(19(39)9-48-32)54-33-29(41)35(43,10-37)12-49-33/h3-7,19,26,28-30,32-34,37-41,43-44H,8-14H2,1-2H3. The summed E-state index contributed by atoms with van der Waals surface area (Å²) >= 11 is 0. The van der Waals surface area contributed by atoms with Crippen LogP contribution in [0.3, 0.4) is 0 Å². The number of aliphatic hydroxyl groups excluding tert-OH is 5. The molecule has 5 aliphatic rings. The van der Waals surface area contributed by atoms with E-state index >= 15 is 0 Å². The first-order valence-corrected chi connectivity index (χ1v) is 17.3. The van der Waals surface area contributed by atoms with Crippen molar-refractivity contribution in [2.75, 3.05) is 54.0 Å². The van der Waals surface area contributed by atoms with Gasteiger partial charge in [-0.3, -0.25) is 0 Å². The van der Waals surface area contributed by atoms with Crippen molar-refractivity contribution < 1.29 is 92.6 Å². The number of ether oxygens (including phenoxy) is 11. The minimum absolute atomic E-state index is 0.0342. The molecule has 8 rings (SSSR count). The molecule has 19 heteroatoms. The van der Waals surface area contributed by atoms with E-state index in [1.807, 2.05) is 0 Å². The topological polar surface area (TPSA) is 260 Å².